The SMILES string of the molecule is CCCCCOc1ccc2c(sc3c(F)c(OC(F)(F)F)ccc32)c1F. The van der Waals surface area contributed by atoms with Crippen LogP contribution in [0.1, 0.15) is 26.2 Å². The maximum atomic E-state index is 14.7. The molecule has 0 bridgehead atoms. The van der Waals surface area contributed by atoms with Crippen molar-refractivity contribution in [2.75, 3.05) is 6.61 Å². The lowest BCUT2D eigenvalue weighted by Crippen LogP contribution is -2.17. The Kier molecular flexibility index (Phi) is 5.22. The van der Waals surface area contributed by atoms with Crippen molar-refractivity contribution in [1.82, 2.24) is 0 Å². The van der Waals surface area contributed by atoms with Gasteiger partial charge < -0.3 is 9.47 Å². The molecule has 0 atom stereocenters. The van der Waals surface area contributed by atoms with Crippen LogP contribution in [0.3, 0.4) is 0 Å². The number of hydrogen-bond acceptors (Lipinski definition) is 3. The zero-order valence-electron chi connectivity index (χ0n) is 13.8. The largest absolute Gasteiger partial charge is 0.573 e. The molecule has 8 heteroatoms. The van der Waals surface area contributed by atoms with Crippen molar-refractivity contribution in [1.29, 1.82) is 0 Å². The minimum atomic E-state index is -5.00. The van der Waals surface area contributed by atoms with Gasteiger partial charge in [-0.05, 0) is 30.7 Å². The van der Waals surface area contributed by atoms with Gasteiger partial charge >= 0.3 is 6.36 Å². The number of rotatable bonds is 6. The topological polar surface area (TPSA) is 18.5 Å². The number of ether oxygens (including phenoxy) is 2. The molecule has 1 aromatic heterocycles. The third-order valence-electron chi connectivity index (χ3n) is 3.85. The third-order valence-corrected chi connectivity index (χ3v) is 5.06. The van der Waals surface area contributed by atoms with Crippen LogP contribution in [0.4, 0.5) is 22.0 Å². The van der Waals surface area contributed by atoms with Gasteiger partial charge in [0.05, 0.1) is 16.0 Å². The predicted octanol–water partition coefficient (Wildman–Crippen LogP) is 6.80. The van der Waals surface area contributed by atoms with E-state index < -0.39 is 23.7 Å². The van der Waals surface area contributed by atoms with Crippen LogP contribution in [0, 0.1) is 11.6 Å². The van der Waals surface area contributed by atoms with Gasteiger partial charge in [0, 0.05) is 10.8 Å². The van der Waals surface area contributed by atoms with Gasteiger partial charge in [-0.15, -0.1) is 24.5 Å². The fourth-order valence-electron chi connectivity index (χ4n) is 2.65. The molecule has 0 saturated heterocycles. The van der Waals surface area contributed by atoms with E-state index in [0.29, 0.717) is 17.4 Å². The Bertz CT molecular complexity index is 933. The normalized spacial score (nSPS) is 12.1. The highest BCUT2D eigenvalue weighted by Gasteiger charge is 2.33. The van der Waals surface area contributed by atoms with Crippen LogP contribution < -0.4 is 9.47 Å². The van der Waals surface area contributed by atoms with Crippen molar-refractivity contribution in [2.24, 2.45) is 0 Å². The van der Waals surface area contributed by atoms with Crippen molar-refractivity contribution in [2.45, 2.75) is 32.5 Å². The summed E-state index contributed by atoms with van der Waals surface area (Å²) in [5, 5.41) is 0.745. The van der Waals surface area contributed by atoms with Gasteiger partial charge in [-0.25, -0.2) is 8.78 Å². The average Bonchev–Trinajstić information content (AvgIpc) is 2.95. The average molecular weight is 390 g/mol. The van der Waals surface area contributed by atoms with Gasteiger partial charge in [-0.1, -0.05) is 19.8 Å². The van der Waals surface area contributed by atoms with E-state index in [9.17, 15) is 22.0 Å². The lowest BCUT2D eigenvalue weighted by Gasteiger charge is -2.09. The molecule has 0 aliphatic heterocycles. The molecule has 0 spiro atoms. The third kappa shape index (κ3) is 3.70. The highest BCUT2D eigenvalue weighted by Crippen LogP contribution is 2.42. The number of hydrogen-bond donors (Lipinski definition) is 0. The van der Waals surface area contributed by atoms with Crippen LogP contribution in [-0.4, -0.2) is 13.0 Å². The minimum Gasteiger partial charge on any atom is -0.490 e. The number of fused-ring (bicyclic) bond motifs is 3. The molecule has 26 heavy (non-hydrogen) atoms. The molecule has 1 heterocycles. The quantitative estimate of drug-likeness (QED) is 0.340. The highest BCUT2D eigenvalue weighted by molar-refractivity contribution is 7.25. The van der Waals surface area contributed by atoms with E-state index in [0.717, 1.165) is 36.7 Å². The smallest absolute Gasteiger partial charge is 0.490 e. The van der Waals surface area contributed by atoms with Gasteiger partial charge in [0.15, 0.2) is 23.1 Å². The van der Waals surface area contributed by atoms with Crippen LogP contribution >= 0.6 is 11.3 Å². The summed E-state index contributed by atoms with van der Waals surface area (Å²) in [6.07, 6.45) is -2.26. The number of benzene rings is 2. The second-order valence-corrected chi connectivity index (χ2v) is 6.73. The molecular formula is C18H15F5O2S. The van der Waals surface area contributed by atoms with Crippen molar-refractivity contribution in [3.8, 4) is 11.5 Å². The summed E-state index contributed by atoms with van der Waals surface area (Å²) in [6, 6.07) is 5.22. The van der Waals surface area contributed by atoms with Gasteiger partial charge in [-0.2, -0.15) is 0 Å². The molecule has 140 valence electrons. The first kappa shape index (κ1) is 18.7. The van der Waals surface area contributed by atoms with E-state index in [4.69, 9.17) is 4.74 Å². The highest BCUT2D eigenvalue weighted by atomic mass is 32.1. The van der Waals surface area contributed by atoms with Crippen LogP contribution in [-0.2, 0) is 0 Å². The lowest BCUT2D eigenvalue weighted by atomic mass is 10.1. The standard InChI is InChI=1S/C18H15F5O2S/c1-2-3-4-9-24-12-7-5-10-11-6-8-13(25-18(21,22)23)15(20)17(11)26-16(10)14(12)19/h5-8H,2-4,9H2,1H3. The summed E-state index contributed by atoms with van der Waals surface area (Å²) in [4.78, 5) is 0. The molecule has 3 aromatic rings. The number of unbranched alkanes of at least 4 members (excludes halogenated alkanes) is 2. The molecule has 0 fully saturated rings. The lowest BCUT2D eigenvalue weighted by molar-refractivity contribution is -0.275. The first-order valence-corrected chi connectivity index (χ1v) is 8.85. The van der Waals surface area contributed by atoms with E-state index in [1.165, 1.54) is 12.1 Å². The molecule has 0 saturated carbocycles. The van der Waals surface area contributed by atoms with Crippen molar-refractivity contribution < 1.29 is 31.4 Å². The second-order valence-electron chi connectivity index (χ2n) is 5.71. The van der Waals surface area contributed by atoms with Crippen LogP contribution in [0.5, 0.6) is 11.5 Å². The molecule has 0 N–H and O–H groups in total. The molecule has 0 amide bonds. The van der Waals surface area contributed by atoms with Crippen LogP contribution in [0.15, 0.2) is 24.3 Å². The molecule has 0 radical (unpaired) electrons. The minimum absolute atomic E-state index is 0.0485. The van der Waals surface area contributed by atoms with Gasteiger partial charge in [0.25, 0.3) is 0 Å². The summed E-state index contributed by atoms with van der Waals surface area (Å²) in [5.74, 6) is -2.69. The first-order valence-electron chi connectivity index (χ1n) is 8.03. The van der Waals surface area contributed by atoms with Crippen molar-refractivity contribution in [3.05, 3.63) is 35.9 Å². The molecule has 0 aliphatic rings. The summed E-state index contributed by atoms with van der Waals surface area (Å²) >= 11 is 0.736. The van der Waals surface area contributed by atoms with Crippen molar-refractivity contribution in [3.63, 3.8) is 0 Å². The number of alkyl halides is 3. The summed E-state index contributed by atoms with van der Waals surface area (Å²) < 4.78 is 75.3. The molecule has 0 aliphatic carbocycles. The fraction of sp³-hybridized carbons (Fsp3) is 0.333. The van der Waals surface area contributed by atoms with E-state index in [2.05, 4.69) is 4.74 Å². The van der Waals surface area contributed by atoms with E-state index >= 15 is 0 Å². The fourth-order valence-corrected chi connectivity index (χ4v) is 3.81. The summed E-state index contributed by atoms with van der Waals surface area (Å²) in [5.41, 5.74) is 0. The Morgan fingerprint density at radius 3 is 2.04 bits per heavy atom. The Hall–Kier alpha value is -2.09. The first-order chi connectivity index (χ1) is 12.3. The second kappa shape index (κ2) is 7.26. The summed E-state index contributed by atoms with van der Waals surface area (Å²) in [6.45, 7) is 2.40. The van der Waals surface area contributed by atoms with E-state index in [1.54, 1.807) is 6.07 Å². The van der Waals surface area contributed by atoms with Gasteiger partial charge in [0.2, 0.25) is 0 Å². The zero-order valence-corrected chi connectivity index (χ0v) is 14.6. The predicted molar refractivity (Wildman–Crippen MR) is 91.0 cm³/mol. The molecule has 0 unspecified atom stereocenters. The zero-order chi connectivity index (χ0) is 18.9. The Morgan fingerprint density at radius 1 is 0.885 bits per heavy atom. The molecular weight excluding hydrogens is 375 g/mol. The Labute approximate surface area is 150 Å². The molecule has 2 aromatic carbocycles. The van der Waals surface area contributed by atoms with Gasteiger partial charge in [-0.3, -0.25) is 0 Å². The molecule has 2 nitrogen and oxygen atoms in total. The number of halogens is 5. The monoisotopic (exact) mass is 390 g/mol. The maximum absolute atomic E-state index is 14.7. The van der Waals surface area contributed by atoms with E-state index in [1.807, 2.05) is 6.92 Å². The van der Waals surface area contributed by atoms with Gasteiger partial charge in [0.1, 0.15) is 0 Å². The Balaban J connectivity index is 2.01. The van der Waals surface area contributed by atoms with Crippen LogP contribution in [0.25, 0.3) is 20.2 Å². The summed E-state index contributed by atoms with van der Waals surface area (Å²) in [7, 11) is 0. The Morgan fingerprint density at radius 2 is 1.46 bits per heavy atom. The van der Waals surface area contributed by atoms with Crippen LogP contribution in [0.2, 0.25) is 0 Å². The molecule has 3 rings (SSSR count). The maximum Gasteiger partial charge on any atom is 0.573 e. The number of thiophene rings is 1. The van der Waals surface area contributed by atoms with E-state index in [-0.39, 0.29) is 15.1 Å². The van der Waals surface area contributed by atoms with Crippen molar-refractivity contribution >= 4 is 31.5 Å².